The van der Waals surface area contributed by atoms with Crippen molar-refractivity contribution in [2.75, 3.05) is 0 Å². The number of carbonyl (C=O) groups excluding carboxylic acids is 4. The van der Waals surface area contributed by atoms with Crippen LogP contribution in [0.5, 0.6) is 0 Å². The third kappa shape index (κ3) is 10.1. The van der Waals surface area contributed by atoms with E-state index in [0.717, 1.165) is 0 Å². The Balaban J connectivity index is 1.63. The van der Waals surface area contributed by atoms with E-state index in [1.54, 1.807) is 0 Å². The van der Waals surface area contributed by atoms with Gasteiger partial charge in [0.1, 0.15) is 18.3 Å². The number of Topliss-reactive ketones (excluding diaryl/α,β-unsaturated/α-hetero) is 1. The molecule has 4 heterocycles. The summed E-state index contributed by atoms with van der Waals surface area (Å²) in [6, 6.07) is 2.49. The van der Waals surface area contributed by atoms with Gasteiger partial charge in [0.05, 0.1) is 16.7 Å². The van der Waals surface area contributed by atoms with E-state index in [1.807, 2.05) is 111 Å². The van der Waals surface area contributed by atoms with Gasteiger partial charge in [-0.3, -0.25) is 4.79 Å². The van der Waals surface area contributed by atoms with E-state index in [1.165, 1.54) is 32.4 Å². The number of hydroxylamine groups is 8. The first-order valence-electron chi connectivity index (χ1n) is 22.2. The minimum absolute atomic E-state index is 0.0243. The van der Waals surface area contributed by atoms with Crippen LogP contribution in [-0.2, 0) is 14.2 Å². The first-order chi connectivity index (χ1) is 27.9. The lowest BCUT2D eigenvalue weighted by Crippen LogP contribution is -2.60. The molecule has 5 rings (SSSR count). The minimum Gasteiger partial charge on any atom is -0.459 e. The normalized spacial score (nSPS) is 26.7. The highest BCUT2D eigenvalue weighted by atomic mass is 16.6. The number of esters is 3. The minimum atomic E-state index is -0.909. The van der Waals surface area contributed by atoms with Gasteiger partial charge in [-0.25, -0.2) is 14.4 Å². The van der Waals surface area contributed by atoms with Crippen molar-refractivity contribution in [3.05, 3.63) is 34.4 Å². The second-order valence-corrected chi connectivity index (χ2v) is 23.9. The molecule has 4 saturated heterocycles. The topological polar surface area (TPSA) is 190 Å². The van der Waals surface area contributed by atoms with Crippen LogP contribution in [0.2, 0.25) is 0 Å². The van der Waals surface area contributed by atoms with Crippen LogP contribution in [-0.4, -0.2) is 127 Å². The van der Waals surface area contributed by atoms with Crippen LogP contribution in [0.25, 0.3) is 0 Å². The van der Waals surface area contributed by atoms with Gasteiger partial charge >= 0.3 is 17.9 Å². The predicted molar refractivity (Wildman–Crippen MR) is 231 cm³/mol. The molecule has 1 aromatic carbocycles. The van der Waals surface area contributed by atoms with Crippen molar-refractivity contribution in [1.82, 2.24) is 20.3 Å². The number of benzene rings is 1. The lowest BCUT2D eigenvalue weighted by atomic mass is 9.73. The van der Waals surface area contributed by atoms with Crippen molar-refractivity contribution in [3.63, 3.8) is 0 Å². The second-order valence-electron chi connectivity index (χ2n) is 23.9. The van der Waals surface area contributed by atoms with Gasteiger partial charge < -0.3 is 35.0 Å². The Bertz CT molecular complexity index is 1580. The van der Waals surface area contributed by atoms with Gasteiger partial charge in [0.25, 0.3) is 0 Å². The summed E-state index contributed by atoms with van der Waals surface area (Å²) in [5, 5.41) is 49.1. The maximum Gasteiger partial charge on any atom is 0.339 e. The molecule has 4 N–H and O–H groups in total. The summed E-state index contributed by atoms with van der Waals surface area (Å²) in [5.74, 6) is -3.34. The van der Waals surface area contributed by atoms with Crippen molar-refractivity contribution in [3.8, 4) is 0 Å². The van der Waals surface area contributed by atoms with Crippen LogP contribution < -0.4 is 0 Å². The number of hydrogen-bond acceptors (Lipinski definition) is 15. The van der Waals surface area contributed by atoms with Gasteiger partial charge in [-0.15, -0.1) is 0 Å². The molecule has 15 heteroatoms. The number of piperidine rings is 4. The number of nitrogens with zero attached hydrogens (tertiary/aromatic N) is 4. The first kappa shape index (κ1) is 50.0. The molecule has 0 amide bonds. The zero-order chi connectivity index (χ0) is 47.1. The summed E-state index contributed by atoms with van der Waals surface area (Å²) in [6.45, 7) is 29.7. The summed E-state index contributed by atoms with van der Waals surface area (Å²) in [5.41, 5.74) is -6.82. The number of hydrogen-bond donors (Lipinski definition) is 4. The molecule has 0 bridgehead atoms. The van der Waals surface area contributed by atoms with Gasteiger partial charge in [0.15, 0.2) is 5.78 Å². The number of ketones is 1. The molecular weight excluding hydrogens is 797 g/mol. The van der Waals surface area contributed by atoms with E-state index in [9.17, 15) is 40.0 Å². The summed E-state index contributed by atoms with van der Waals surface area (Å²) in [4.78, 5) is 58.6. The molecule has 4 aliphatic rings. The van der Waals surface area contributed by atoms with Gasteiger partial charge in [-0.1, -0.05) is 0 Å². The summed E-state index contributed by atoms with van der Waals surface area (Å²) < 4.78 is 18.5. The molecule has 0 aliphatic carbocycles. The molecule has 0 atom stereocenters. The fourth-order valence-corrected chi connectivity index (χ4v) is 11.8. The Hall–Kier alpha value is -3.02. The van der Waals surface area contributed by atoms with Crippen molar-refractivity contribution < 1.29 is 54.2 Å². The zero-order valence-electron chi connectivity index (χ0n) is 40.3. The second kappa shape index (κ2) is 16.4. The number of ether oxygens (including phenoxy) is 3. The highest BCUT2D eigenvalue weighted by Gasteiger charge is 2.50. The van der Waals surface area contributed by atoms with E-state index in [4.69, 9.17) is 14.2 Å². The van der Waals surface area contributed by atoms with Crippen LogP contribution in [0.15, 0.2) is 12.1 Å². The molecule has 0 saturated carbocycles. The SMILES string of the molecule is CC1(C)CC(CC(=O)c2cc(C(=O)OC3CC(C)(C)N(O)C(C)(C)C3)c(C(=O)OC3CC(C)(C)N(O)C(C)(C)C3)cc2C(=O)OC2CC(C)(C)N(O)C(C)(C)C2)CC(C)(C)N1O. The highest BCUT2D eigenvalue weighted by Crippen LogP contribution is 2.44. The maximum atomic E-state index is 14.8. The Kier molecular flexibility index (Phi) is 13.3. The molecule has 1 aromatic rings. The molecule has 15 nitrogen and oxygen atoms in total. The molecular formula is C47H76N4O11. The van der Waals surface area contributed by atoms with Crippen LogP contribution in [0.4, 0.5) is 0 Å². The molecule has 4 fully saturated rings. The van der Waals surface area contributed by atoms with Gasteiger partial charge in [0.2, 0.25) is 0 Å². The smallest absolute Gasteiger partial charge is 0.339 e. The van der Waals surface area contributed by atoms with E-state index >= 15 is 0 Å². The standard InChI is InChI=1S/C47H76N4O11/c1-40(2)20-28(21-41(3,4)48(40)56)17-36(52)32-18-34(38(54)61-30-24-44(9,10)50(58)45(11,12)25-30)35(39(55)62-31-26-46(13,14)51(59)47(15,16)27-31)19-33(32)37(53)60-29-22-42(5,6)49(57)43(7,8)23-29/h18-19,28-31,56-59H,17,20-27H2,1-16H3. The molecule has 0 radical (unpaired) electrons. The summed E-state index contributed by atoms with van der Waals surface area (Å²) in [6.07, 6.45) is 0.492. The van der Waals surface area contributed by atoms with Crippen molar-refractivity contribution in [1.29, 1.82) is 0 Å². The molecule has 0 aromatic heterocycles. The fraction of sp³-hybridized carbons (Fsp3) is 0.787. The molecule has 0 unspecified atom stereocenters. The van der Waals surface area contributed by atoms with Crippen molar-refractivity contribution in [2.24, 2.45) is 5.92 Å². The van der Waals surface area contributed by atoms with Crippen LogP contribution >= 0.6 is 0 Å². The number of carbonyl (C=O) groups is 4. The van der Waals surface area contributed by atoms with E-state index in [-0.39, 0.29) is 73.1 Å². The highest BCUT2D eigenvalue weighted by molar-refractivity contribution is 6.12. The maximum absolute atomic E-state index is 14.8. The Morgan fingerprint density at radius 1 is 0.419 bits per heavy atom. The van der Waals surface area contributed by atoms with Crippen molar-refractivity contribution in [2.45, 2.75) is 231 Å². The average molecular weight is 873 g/mol. The van der Waals surface area contributed by atoms with E-state index in [2.05, 4.69) is 0 Å². The Morgan fingerprint density at radius 2 is 0.629 bits per heavy atom. The first-order valence-corrected chi connectivity index (χ1v) is 22.2. The monoisotopic (exact) mass is 873 g/mol. The van der Waals surface area contributed by atoms with Gasteiger partial charge in [0, 0.05) is 94.8 Å². The number of rotatable bonds is 9. The van der Waals surface area contributed by atoms with E-state index < -0.39 is 86.3 Å². The summed E-state index contributed by atoms with van der Waals surface area (Å²) >= 11 is 0. The van der Waals surface area contributed by atoms with Gasteiger partial charge in [-0.2, -0.15) is 20.3 Å². The lowest BCUT2D eigenvalue weighted by molar-refractivity contribution is -0.257. The molecule has 62 heavy (non-hydrogen) atoms. The van der Waals surface area contributed by atoms with Crippen LogP contribution in [0, 0.1) is 5.92 Å². The van der Waals surface area contributed by atoms with Gasteiger partial charge in [-0.05, 0) is 142 Å². The Morgan fingerprint density at radius 3 is 0.887 bits per heavy atom. The Labute approximate surface area is 368 Å². The predicted octanol–water partition coefficient (Wildman–Crippen LogP) is 8.62. The lowest BCUT2D eigenvalue weighted by Gasteiger charge is -2.51. The van der Waals surface area contributed by atoms with Crippen molar-refractivity contribution >= 4 is 23.7 Å². The molecule has 4 aliphatic heterocycles. The quantitative estimate of drug-likeness (QED) is 0.105. The third-order valence-corrected chi connectivity index (χ3v) is 13.9. The zero-order valence-corrected chi connectivity index (χ0v) is 40.3. The summed E-state index contributed by atoms with van der Waals surface area (Å²) in [7, 11) is 0. The van der Waals surface area contributed by atoms with Crippen LogP contribution in [0.3, 0.4) is 0 Å². The molecule has 350 valence electrons. The van der Waals surface area contributed by atoms with Crippen LogP contribution in [0.1, 0.15) is 210 Å². The fourth-order valence-electron chi connectivity index (χ4n) is 11.8. The largest absolute Gasteiger partial charge is 0.459 e. The van der Waals surface area contributed by atoms with E-state index in [0.29, 0.717) is 12.8 Å². The average Bonchev–Trinajstić information content (AvgIpc) is 3.09. The third-order valence-electron chi connectivity index (χ3n) is 13.9. The molecule has 0 spiro atoms.